The molecule has 6 nitrogen and oxygen atoms in total. The van der Waals surface area contributed by atoms with Crippen LogP contribution in [0.5, 0.6) is 0 Å². The predicted molar refractivity (Wildman–Crippen MR) is 42.5 cm³/mol. The summed E-state index contributed by atoms with van der Waals surface area (Å²) in [7, 11) is 0. The summed E-state index contributed by atoms with van der Waals surface area (Å²) in [6.07, 6.45) is 0. The second-order valence-corrected chi connectivity index (χ2v) is 0. The van der Waals surface area contributed by atoms with E-state index in [4.69, 9.17) is 0 Å². The third-order valence-corrected chi connectivity index (χ3v) is 0. The maximum atomic E-state index is 0. The summed E-state index contributed by atoms with van der Waals surface area (Å²) in [4.78, 5) is 0. The fourth-order valence-corrected chi connectivity index (χ4v) is 0. The minimum atomic E-state index is 0. The maximum absolute atomic E-state index is 0. The summed E-state index contributed by atoms with van der Waals surface area (Å²) >= 11 is 0. The van der Waals surface area contributed by atoms with Crippen molar-refractivity contribution in [2.24, 2.45) is 0 Å². The molecule has 0 aliphatic rings. The van der Waals surface area contributed by atoms with Crippen LogP contribution >= 0.6 is 0 Å². The normalized spacial score (nSPS) is 0. The van der Waals surface area contributed by atoms with Gasteiger partial charge in [-0.1, -0.05) is 0 Å². The summed E-state index contributed by atoms with van der Waals surface area (Å²) in [5.41, 5.74) is 0. The van der Waals surface area contributed by atoms with Gasteiger partial charge in [0.15, 0.2) is 0 Å². The van der Waals surface area contributed by atoms with Crippen LogP contribution in [0.3, 0.4) is 0 Å². The minimum absolute atomic E-state index is 0. The van der Waals surface area contributed by atoms with E-state index in [1.165, 1.54) is 0 Å². The molecule has 0 bridgehead atoms. The molecule has 0 saturated heterocycles. The Kier molecular flexibility index (Phi) is 362000000. The van der Waals surface area contributed by atoms with E-state index in [0.717, 1.165) is 0 Å². The van der Waals surface area contributed by atoms with Gasteiger partial charge in [0.25, 0.3) is 0 Å². The van der Waals surface area contributed by atoms with E-state index in [1.807, 2.05) is 0 Å². The standard InChI is InChI=1S/6FH.6H2O.Sb/h6*1H;6*1H2;. The van der Waals surface area contributed by atoms with E-state index < -0.39 is 0 Å². The van der Waals surface area contributed by atoms with Gasteiger partial charge in [-0.2, -0.15) is 0 Å². The molecular weight excluding hydrogens is 332 g/mol. The molecule has 0 aromatic heterocycles. The van der Waals surface area contributed by atoms with Crippen LogP contribution in [0.25, 0.3) is 0 Å². The van der Waals surface area contributed by atoms with E-state index in [9.17, 15) is 0 Å². The van der Waals surface area contributed by atoms with E-state index in [-0.39, 0.29) is 85.5 Å². The third kappa shape index (κ3) is 50100. The third-order valence-electron chi connectivity index (χ3n) is 0. The molecule has 0 aromatic carbocycles. The molecular formula is H18F6O6Sb. The number of rotatable bonds is 0. The molecule has 101 valence electrons. The zero-order chi connectivity index (χ0) is 0. The Labute approximate surface area is 86.2 Å². The molecule has 13 heavy (non-hydrogen) atoms. The van der Waals surface area contributed by atoms with Gasteiger partial charge in [0.2, 0.25) is 0 Å². The number of halogens is 6. The van der Waals surface area contributed by atoms with E-state index in [2.05, 4.69) is 0 Å². The average Bonchev–Trinajstić information content (AvgIpc) is 0. The summed E-state index contributed by atoms with van der Waals surface area (Å²) < 4.78 is 0. The average molecular weight is 350 g/mol. The summed E-state index contributed by atoms with van der Waals surface area (Å²) in [5, 5.41) is 0. The Hall–Kier alpha value is 0.158. The molecule has 12 N–H and O–H groups in total. The van der Waals surface area contributed by atoms with Crippen molar-refractivity contribution >= 4 is 24.4 Å². The van der Waals surface area contributed by atoms with Crippen molar-refractivity contribution in [2.75, 3.05) is 0 Å². The second-order valence-electron chi connectivity index (χ2n) is 0. The topological polar surface area (TPSA) is 189 Å². The maximum Gasteiger partial charge on any atom is 0 e. The Morgan fingerprint density at radius 2 is 0.231 bits per heavy atom. The molecule has 0 spiro atoms. The Bertz CT molecular complexity index is 17.1. The molecule has 0 aliphatic heterocycles. The quantitative estimate of drug-likeness (QED) is 0.301. The fraction of sp³-hybridized carbons (Fsp3) is 0. The summed E-state index contributed by atoms with van der Waals surface area (Å²) in [6, 6.07) is 0. The van der Waals surface area contributed by atoms with E-state index in [1.54, 1.807) is 0 Å². The SMILES string of the molecule is F.F.F.F.F.F.O.O.O.O.O.O.[Sb]. The van der Waals surface area contributed by atoms with Crippen LogP contribution < -0.4 is 0 Å². The van der Waals surface area contributed by atoms with E-state index in [0.29, 0.717) is 0 Å². The molecule has 0 aromatic rings. The van der Waals surface area contributed by atoms with Crippen LogP contribution in [-0.4, -0.2) is 57.3 Å². The molecule has 0 amide bonds. The van der Waals surface area contributed by atoms with Crippen molar-refractivity contribution in [2.45, 2.75) is 0 Å². The van der Waals surface area contributed by atoms with Gasteiger partial charge in [0, 0.05) is 24.4 Å². The minimum Gasteiger partial charge on any atom is -0.412 e. The van der Waals surface area contributed by atoms with Crippen molar-refractivity contribution in [3.05, 3.63) is 0 Å². The first-order valence-corrected chi connectivity index (χ1v) is 0. The Morgan fingerprint density at radius 1 is 0.231 bits per heavy atom. The van der Waals surface area contributed by atoms with Crippen LogP contribution in [0.15, 0.2) is 0 Å². The second kappa shape index (κ2) is 60500. The molecule has 0 unspecified atom stereocenters. The predicted octanol–water partition coefficient (Wildman–Crippen LogP) is -4.41. The van der Waals surface area contributed by atoms with Gasteiger partial charge in [-0.3, -0.25) is 28.2 Å². The first-order valence-electron chi connectivity index (χ1n) is 0. The van der Waals surface area contributed by atoms with Crippen LogP contribution in [0.1, 0.15) is 0 Å². The van der Waals surface area contributed by atoms with Crippen molar-refractivity contribution in [1.29, 1.82) is 0 Å². The smallest absolute Gasteiger partial charge is 0 e. The first-order chi connectivity index (χ1) is 0. The molecule has 0 atom stereocenters. The van der Waals surface area contributed by atoms with Crippen molar-refractivity contribution in [1.82, 2.24) is 0 Å². The van der Waals surface area contributed by atoms with Gasteiger partial charge in [-0.25, -0.2) is 0 Å². The molecule has 0 fully saturated rings. The molecule has 3 radical (unpaired) electrons. The van der Waals surface area contributed by atoms with Crippen LogP contribution in [-0.2, 0) is 0 Å². The molecule has 0 aliphatic carbocycles. The molecule has 0 saturated carbocycles. The monoisotopic (exact) mass is 349 g/mol. The Morgan fingerprint density at radius 3 is 0.231 bits per heavy atom. The van der Waals surface area contributed by atoms with Gasteiger partial charge in [-0.15, -0.1) is 0 Å². The zero-order valence-electron chi connectivity index (χ0n) is 5.90. The van der Waals surface area contributed by atoms with Crippen molar-refractivity contribution in [3.63, 3.8) is 0 Å². The summed E-state index contributed by atoms with van der Waals surface area (Å²) in [5.74, 6) is 0. The Balaban J connectivity index is 0. The van der Waals surface area contributed by atoms with Gasteiger partial charge in [0.1, 0.15) is 0 Å². The largest absolute Gasteiger partial charge is 0.412 e. The molecule has 0 rings (SSSR count). The van der Waals surface area contributed by atoms with E-state index >= 15 is 0 Å². The number of hydrogen-bond donors (Lipinski definition) is 0. The first kappa shape index (κ1) is 77700. The van der Waals surface area contributed by atoms with Crippen LogP contribution in [0, 0.1) is 0 Å². The zero-order valence-corrected chi connectivity index (χ0v) is 8.45. The van der Waals surface area contributed by atoms with Crippen LogP contribution in [0.2, 0.25) is 0 Å². The van der Waals surface area contributed by atoms with Gasteiger partial charge < -0.3 is 32.9 Å². The summed E-state index contributed by atoms with van der Waals surface area (Å²) in [6.45, 7) is 0. The number of hydrogen-bond acceptors (Lipinski definition) is 0. The van der Waals surface area contributed by atoms with Crippen LogP contribution in [0.4, 0.5) is 28.2 Å². The van der Waals surface area contributed by atoms with Crippen molar-refractivity contribution < 1.29 is 61.1 Å². The van der Waals surface area contributed by atoms with Gasteiger partial charge in [-0.05, 0) is 0 Å². The molecule has 0 heterocycles. The van der Waals surface area contributed by atoms with Crippen molar-refractivity contribution in [3.8, 4) is 0 Å². The fourth-order valence-electron chi connectivity index (χ4n) is 0. The molecule has 13 heteroatoms. The van der Waals surface area contributed by atoms with Gasteiger partial charge in [0.05, 0.1) is 0 Å². The van der Waals surface area contributed by atoms with Gasteiger partial charge >= 0.3 is 0 Å².